The molecule has 0 fully saturated rings. The van der Waals surface area contributed by atoms with Gasteiger partial charge in [-0.25, -0.2) is 0 Å². The van der Waals surface area contributed by atoms with E-state index in [1.54, 1.807) is 6.92 Å². The van der Waals surface area contributed by atoms with E-state index >= 15 is 0 Å². The van der Waals surface area contributed by atoms with E-state index < -0.39 is 0 Å². The zero-order valence-corrected chi connectivity index (χ0v) is 9.83. The van der Waals surface area contributed by atoms with Crippen LogP contribution >= 0.6 is 0 Å². The van der Waals surface area contributed by atoms with Crippen LogP contribution in [0.5, 0.6) is 0 Å². The average Bonchev–Trinajstić information content (AvgIpc) is 2.17. The molecule has 84 valence electrons. The fourth-order valence-corrected chi connectivity index (χ4v) is 1.71. The van der Waals surface area contributed by atoms with Gasteiger partial charge >= 0.3 is 5.97 Å². The smallest absolute Gasteiger partial charge is 0.310 e. The van der Waals surface area contributed by atoms with Gasteiger partial charge in [-0.1, -0.05) is 12.1 Å². The van der Waals surface area contributed by atoms with Gasteiger partial charge in [-0.2, -0.15) is 5.26 Å². The first-order chi connectivity index (χ1) is 7.58. The van der Waals surface area contributed by atoms with Crippen molar-refractivity contribution in [3.05, 3.63) is 34.4 Å². The van der Waals surface area contributed by atoms with Gasteiger partial charge in [0.25, 0.3) is 0 Å². The molecule has 1 aromatic rings. The zero-order chi connectivity index (χ0) is 12.1. The highest BCUT2D eigenvalue weighted by molar-refractivity contribution is 5.73. The lowest BCUT2D eigenvalue weighted by molar-refractivity contribution is -0.142. The van der Waals surface area contributed by atoms with Crippen molar-refractivity contribution in [3.63, 3.8) is 0 Å². The van der Waals surface area contributed by atoms with Crippen molar-refractivity contribution in [1.29, 1.82) is 5.26 Å². The predicted molar refractivity (Wildman–Crippen MR) is 61.0 cm³/mol. The number of rotatable bonds is 3. The van der Waals surface area contributed by atoms with Gasteiger partial charge in [-0.3, -0.25) is 4.79 Å². The lowest BCUT2D eigenvalue weighted by Gasteiger charge is -2.07. The van der Waals surface area contributed by atoms with Crippen LogP contribution in [0.25, 0.3) is 0 Å². The lowest BCUT2D eigenvalue weighted by Crippen LogP contribution is -2.08. The second-order valence-electron chi connectivity index (χ2n) is 3.70. The summed E-state index contributed by atoms with van der Waals surface area (Å²) < 4.78 is 4.88. The first kappa shape index (κ1) is 12.3. The van der Waals surface area contributed by atoms with Crippen LogP contribution in [0.15, 0.2) is 12.1 Å². The van der Waals surface area contributed by atoms with Gasteiger partial charge in [0.05, 0.1) is 24.7 Å². The number of nitrogens with zero attached hydrogens (tertiary/aromatic N) is 1. The second kappa shape index (κ2) is 5.32. The minimum atomic E-state index is -0.231. The molecular formula is C13H15NO2. The maximum atomic E-state index is 11.3. The molecule has 0 aromatic heterocycles. The summed E-state index contributed by atoms with van der Waals surface area (Å²) in [5.41, 5.74) is 3.39. The third-order valence-electron chi connectivity index (χ3n) is 2.36. The molecular weight excluding hydrogens is 202 g/mol. The Bertz CT molecular complexity index is 421. The van der Waals surface area contributed by atoms with Crippen LogP contribution in [0, 0.1) is 25.2 Å². The Labute approximate surface area is 95.7 Å². The fraction of sp³-hybridized carbons (Fsp3) is 0.385. The number of hydrogen-bond acceptors (Lipinski definition) is 3. The van der Waals surface area contributed by atoms with Crippen molar-refractivity contribution in [2.75, 3.05) is 6.61 Å². The Hall–Kier alpha value is -1.82. The van der Waals surface area contributed by atoms with Crippen LogP contribution in [0.3, 0.4) is 0 Å². The first-order valence-corrected chi connectivity index (χ1v) is 5.24. The van der Waals surface area contributed by atoms with Crippen molar-refractivity contribution in [2.24, 2.45) is 0 Å². The molecule has 1 rings (SSSR count). The summed E-state index contributed by atoms with van der Waals surface area (Å²) in [5.74, 6) is -0.231. The van der Waals surface area contributed by atoms with Crippen molar-refractivity contribution in [3.8, 4) is 6.07 Å². The minimum absolute atomic E-state index is 0.231. The molecule has 0 amide bonds. The van der Waals surface area contributed by atoms with E-state index in [2.05, 4.69) is 6.07 Å². The van der Waals surface area contributed by atoms with Crippen LogP contribution in [0.4, 0.5) is 0 Å². The monoisotopic (exact) mass is 217 g/mol. The molecule has 0 aliphatic carbocycles. The van der Waals surface area contributed by atoms with E-state index in [0.29, 0.717) is 12.2 Å². The van der Waals surface area contributed by atoms with Gasteiger partial charge in [-0.05, 0) is 37.5 Å². The van der Waals surface area contributed by atoms with Crippen molar-refractivity contribution in [2.45, 2.75) is 27.2 Å². The molecule has 0 radical (unpaired) electrons. The summed E-state index contributed by atoms with van der Waals surface area (Å²) in [4.78, 5) is 11.3. The van der Waals surface area contributed by atoms with E-state index in [1.807, 2.05) is 26.0 Å². The van der Waals surface area contributed by atoms with Crippen LogP contribution in [-0.2, 0) is 16.0 Å². The maximum absolute atomic E-state index is 11.3. The highest BCUT2D eigenvalue weighted by Crippen LogP contribution is 2.16. The van der Waals surface area contributed by atoms with Crippen molar-refractivity contribution in [1.82, 2.24) is 0 Å². The number of hydrogen-bond donors (Lipinski definition) is 0. The van der Waals surface area contributed by atoms with Gasteiger partial charge in [-0.15, -0.1) is 0 Å². The van der Waals surface area contributed by atoms with Crippen molar-refractivity contribution >= 4 is 5.97 Å². The summed E-state index contributed by atoms with van der Waals surface area (Å²) in [6.07, 6.45) is 0.265. The third kappa shape index (κ3) is 2.83. The van der Waals surface area contributed by atoms with E-state index in [1.165, 1.54) is 0 Å². The molecule has 0 aliphatic heterocycles. The molecule has 0 bridgehead atoms. The molecule has 0 spiro atoms. The van der Waals surface area contributed by atoms with E-state index in [9.17, 15) is 4.79 Å². The van der Waals surface area contributed by atoms with Crippen LogP contribution < -0.4 is 0 Å². The Morgan fingerprint density at radius 3 is 2.38 bits per heavy atom. The SMILES string of the molecule is CCOC(=O)Cc1cc(C)c(C#N)c(C)c1. The number of aryl methyl sites for hydroxylation is 2. The third-order valence-corrected chi connectivity index (χ3v) is 2.36. The molecule has 0 heterocycles. The summed E-state index contributed by atoms with van der Waals surface area (Å²) in [6, 6.07) is 5.88. The largest absolute Gasteiger partial charge is 0.466 e. The average molecular weight is 217 g/mol. The summed E-state index contributed by atoms with van der Waals surface area (Å²) >= 11 is 0. The zero-order valence-electron chi connectivity index (χ0n) is 9.83. The second-order valence-corrected chi connectivity index (χ2v) is 3.70. The molecule has 1 aromatic carbocycles. The number of carbonyl (C=O) groups excluding carboxylic acids is 1. The Morgan fingerprint density at radius 1 is 1.38 bits per heavy atom. The fourth-order valence-electron chi connectivity index (χ4n) is 1.71. The van der Waals surface area contributed by atoms with Crippen LogP contribution in [0.1, 0.15) is 29.2 Å². The van der Waals surface area contributed by atoms with Crippen LogP contribution in [0.2, 0.25) is 0 Å². The summed E-state index contributed by atoms with van der Waals surface area (Å²) in [6.45, 7) is 5.93. The maximum Gasteiger partial charge on any atom is 0.310 e. The van der Waals surface area contributed by atoms with E-state index in [0.717, 1.165) is 16.7 Å². The highest BCUT2D eigenvalue weighted by Gasteiger charge is 2.08. The van der Waals surface area contributed by atoms with Gasteiger partial charge in [0, 0.05) is 0 Å². The van der Waals surface area contributed by atoms with Gasteiger partial charge in [0.15, 0.2) is 0 Å². The Balaban J connectivity index is 2.93. The number of benzene rings is 1. The molecule has 16 heavy (non-hydrogen) atoms. The molecule has 0 atom stereocenters. The van der Waals surface area contributed by atoms with Gasteiger partial charge in [0.1, 0.15) is 0 Å². The number of carbonyl (C=O) groups is 1. The lowest BCUT2D eigenvalue weighted by atomic mass is 9.99. The number of esters is 1. The molecule has 3 nitrogen and oxygen atoms in total. The Kier molecular flexibility index (Phi) is 4.07. The summed E-state index contributed by atoms with van der Waals surface area (Å²) in [7, 11) is 0. The number of ether oxygens (including phenoxy) is 1. The van der Waals surface area contributed by atoms with E-state index in [4.69, 9.17) is 10.00 Å². The topological polar surface area (TPSA) is 50.1 Å². The van der Waals surface area contributed by atoms with Gasteiger partial charge < -0.3 is 4.74 Å². The molecule has 0 saturated heterocycles. The minimum Gasteiger partial charge on any atom is -0.466 e. The molecule has 0 aliphatic rings. The molecule has 0 unspecified atom stereocenters. The summed E-state index contributed by atoms with van der Waals surface area (Å²) in [5, 5.41) is 8.91. The Morgan fingerprint density at radius 2 is 1.94 bits per heavy atom. The van der Waals surface area contributed by atoms with Crippen molar-refractivity contribution < 1.29 is 9.53 Å². The normalized spacial score (nSPS) is 9.62. The first-order valence-electron chi connectivity index (χ1n) is 5.24. The van der Waals surface area contributed by atoms with E-state index in [-0.39, 0.29) is 12.4 Å². The molecule has 3 heteroatoms. The molecule has 0 N–H and O–H groups in total. The molecule has 0 saturated carbocycles. The predicted octanol–water partition coefficient (Wildman–Crippen LogP) is 2.28. The standard InChI is InChI=1S/C13H15NO2/c1-4-16-13(15)7-11-5-9(2)12(8-14)10(3)6-11/h5-6H,4,7H2,1-3H3. The number of nitriles is 1. The quantitative estimate of drug-likeness (QED) is 0.730. The van der Waals surface area contributed by atoms with Gasteiger partial charge in [0.2, 0.25) is 0 Å². The van der Waals surface area contributed by atoms with Crippen LogP contribution in [-0.4, -0.2) is 12.6 Å². The highest BCUT2D eigenvalue weighted by atomic mass is 16.5.